The molecule has 8 nitrogen and oxygen atoms in total. The highest BCUT2D eigenvalue weighted by Crippen LogP contribution is 2.20. The number of hydrogen-bond donors (Lipinski definition) is 2. The van der Waals surface area contributed by atoms with Gasteiger partial charge in [0.1, 0.15) is 11.2 Å². The van der Waals surface area contributed by atoms with Crippen LogP contribution in [0.5, 0.6) is 0 Å². The first-order valence-corrected chi connectivity index (χ1v) is 6.36. The zero-order chi connectivity index (χ0) is 17.2. The van der Waals surface area contributed by atoms with Gasteiger partial charge in [-0.25, -0.2) is 14.4 Å². The van der Waals surface area contributed by atoms with E-state index in [0.717, 1.165) is 6.92 Å². The molecule has 0 spiro atoms. The molecule has 0 aromatic carbocycles. The highest BCUT2D eigenvalue weighted by molar-refractivity contribution is 5.95. The summed E-state index contributed by atoms with van der Waals surface area (Å²) in [5.74, 6) is -1.57. The second-order valence-electron chi connectivity index (χ2n) is 6.75. The number of amides is 2. The Kier molecular flexibility index (Phi) is 5.37. The highest BCUT2D eigenvalue weighted by atomic mass is 16.6. The lowest BCUT2D eigenvalue weighted by Gasteiger charge is -2.35. The lowest BCUT2D eigenvalue weighted by Crippen LogP contribution is -2.64. The summed E-state index contributed by atoms with van der Waals surface area (Å²) in [6, 6.07) is 0. The summed E-state index contributed by atoms with van der Waals surface area (Å²) in [5.41, 5.74) is 1.42. The summed E-state index contributed by atoms with van der Waals surface area (Å²) in [5, 5.41) is 9.12. The predicted molar refractivity (Wildman–Crippen MR) is 74.5 cm³/mol. The fourth-order valence-corrected chi connectivity index (χ4v) is 1.16. The van der Waals surface area contributed by atoms with Crippen molar-refractivity contribution in [3.63, 3.8) is 0 Å². The summed E-state index contributed by atoms with van der Waals surface area (Å²) in [6.07, 6.45) is -2.38. The van der Waals surface area contributed by atoms with Crippen molar-refractivity contribution in [1.82, 2.24) is 4.90 Å². The number of carbonyl (C=O) groups excluding carboxylic acids is 2. The highest BCUT2D eigenvalue weighted by Gasteiger charge is 2.47. The molecular weight excluding hydrogens is 280 g/mol. The maximum atomic E-state index is 12.1. The molecule has 0 radical (unpaired) electrons. The normalized spacial score (nSPS) is 14.9. The lowest BCUT2D eigenvalue weighted by molar-refractivity contribution is -0.149. The molecule has 0 aliphatic heterocycles. The van der Waals surface area contributed by atoms with Crippen molar-refractivity contribution in [2.45, 2.75) is 65.3 Å². The number of ether oxygens (including phenoxy) is 2. The first kappa shape index (κ1) is 19.2. The number of carboxylic acids is 1. The minimum Gasteiger partial charge on any atom is -0.478 e. The molecule has 0 aromatic rings. The zero-order valence-corrected chi connectivity index (χ0v) is 13.5. The van der Waals surface area contributed by atoms with Crippen LogP contribution in [0.1, 0.15) is 48.5 Å². The second kappa shape index (κ2) is 5.88. The van der Waals surface area contributed by atoms with Gasteiger partial charge in [-0.1, -0.05) is 0 Å². The summed E-state index contributed by atoms with van der Waals surface area (Å²) in [7, 11) is 0. The summed E-state index contributed by atoms with van der Waals surface area (Å²) < 4.78 is 10.0. The van der Waals surface area contributed by atoms with Crippen molar-refractivity contribution >= 4 is 18.2 Å². The van der Waals surface area contributed by atoms with E-state index >= 15 is 0 Å². The number of hydrogen-bond acceptors (Lipinski definition) is 6. The van der Waals surface area contributed by atoms with Crippen molar-refractivity contribution in [3.8, 4) is 0 Å². The van der Waals surface area contributed by atoms with Gasteiger partial charge in [-0.2, -0.15) is 4.90 Å². The molecule has 0 saturated carbocycles. The third-order valence-electron chi connectivity index (χ3n) is 2.05. The Morgan fingerprint density at radius 3 is 1.33 bits per heavy atom. The van der Waals surface area contributed by atoms with Crippen molar-refractivity contribution < 1.29 is 29.0 Å². The van der Waals surface area contributed by atoms with Gasteiger partial charge in [0.25, 0.3) is 0 Å². The summed E-state index contributed by atoms with van der Waals surface area (Å²) >= 11 is 0. The van der Waals surface area contributed by atoms with Gasteiger partial charge in [0.15, 0.2) is 0 Å². The van der Waals surface area contributed by atoms with Gasteiger partial charge in [0.2, 0.25) is 5.66 Å². The molecule has 0 rings (SSSR count). The average Bonchev–Trinajstić information content (AvgIpc) is 2.09. The SMILES string of the molecule is CC(C)(C)OC(=O)N(C(=O)OC(C)(C)C)C(C)(N)C(=O)O. The van der Waals surface area contributed by atoms with Gasteiger partial charge in [-0.05, 0) is 48.5 Å². The van der Waals surface area contributed by atoms with Gasteiger partial charge >= 0.3 is 18.2 Å². The number of nitrogens with two attached hydrogens (primary N) is 1. The minimum atomic E-state index is -2.30. The van der Waals surface area contributed by atoms with Gasteiger partial charge in [-0.15, -0.1) is 0 Å². The molecule has 0 aliphatic carbocycles. The first-order valence-electron chi connectivity index (χ1n) is 6.36. The molecule has 0 aliphatic rings. The van der Waals surface area contributed by atoms with Crippen molar-refractivity contribution in [1.29, 1.82) is 0 Å². The Morgan fingerprint density at radius 1 is 0.857 bits per heavy atom. The van der Waals surface area contributed by atoms with Crippen LogP contribution in [-0.2, 0) is 14.3 Å². The maximum absolute atomic E-state index is 12.1. The molecule has 0 aromatic heterocycles. The van der Waals surface area contributed by atoms with Crippen LogP contribution in [0, 0.1) is 0 Å². The quantitative estimate of drug-likeness (QED) is 0.748. The van der Waals surface area contributed by atoms with Crippen LogP contribution in [0.3, 0.4) is 0 Å². The van der Waals surface area contributed by atoms with Crippen LogP contribution in [0.25, 0.3) is 0 Å². The molecule has 1 atom stereocenters. The standard InChI is InChI=1S/C13H24N2O6/c1-11(2,3)20-9(18)15(13(7,14)8(16)17)10(19)21-12(4,5)6/h14H2,1-7H3,(H,16,17). The molecule has 2 amide bonds. The number of imide groups is 1. The minimum absolute atomic E-state index is 0.256. The van der Waals surface area contributed by atoms with Crippen LogP contribution in [0.2, 0.25) is 0 Å². The molecule has 3 N–H and O–H groups in total. The Labute approximate surface area is 124 Å². The molecule has 1 unspecified atom stereocenters. The van der Waals surface area contributed by atoms with E-state index in [4.69, 9.17) is 20.3 Å². The van der Waals surface area contributed by atoms with Crippen LogP contribution in [0.15, 0.2) is 0 Å². The molecule has 0 heterocycles. The third-order valence-corrected chi connectivity index (χ3v) is 2.05. The van der Waals surface area contributed by atoms with E-state index in [1.165, 1.54) is 0 Å². The van der Waals surface area contributed by atoms with E-state index in [-0.39, 0.29) is 4.90 Å². The largest absolute Gasteiger partial charge is 0.478 e. The zero-order valence-electron chi connectivity index (χ0n) is 13.5. The average molecular weight is 304 g/mol. The van der Waals surface area contributed by atoms with Gasteiger partial charge < -0.3 is 14.6 Å². The Morgan fingerprint density at radius 2 is 1.14 bits per heavy atom. The van der Waals surface area contributed by atoms with E-state index in [1.807, 2.05) is 0 Å². The van der Waals surface area contributed by atoms with Crippen LogP contribution in [0.4, 0.5) is 9.59 Å². The Bertz CT molecular complexity index is 403. The van der Waals surface area contributed by atoms with Crippen LogP contribution in [-0.4, -0.2) is 45.0 Å². The molecule has 0 fully saturated rings. The maximum Gasteiger partial charge on any atom is 0.421 e. The third kappa shape index (κ3) is 5.99. The topological polar surface area (TPSA) is 119 Å². The molecule has 21 heavy (non-hydrogen) atoms. The fraction of sp³-hybridized carbons (Fsp3) is 0.769. The summed E-state index contributed by atoms with van der Waals surface area (Å²) in [4.78, 5) is 35.7. The number of aliphatic carboxylic acids is 1. The fourth-order valence-electron chi connectivity index (χ4n) is 1.16. The van der Waals surface area contributed by atoms with Crippen LogP contribution < -0.4 is 5.73 Å². The molecule has 122 valence electrons. The Hall–Kier alpha value is -1.83. The number of rotatable bonds is 2. The molecule has 0 bridgehead atoms. The molecule has 0 saturated heterocycles. The number of carboxylic acid groups (broad SMARTS) is 1. The van der Waals surface area contributed by atoms with E-state index in [1.54, 1.807) is 41.5 Å². The van der Waals surface area contributed by atoms with E-state index < -0.39 is 35.0 Å². The molecule has 8 heteroatoms. The van der Waals surface area contributed by atoms with E-state index in [9.17, 15) is 14.4 Å². The van der Waals surface area contributed by atoms with Gasteiger partial charge in [-0.3, -0.25) is 5.73 Å². The monoisotopic (exact) mass is 304 g/mol. The van der Waals surface area contributed by atoms with Crippen molar-refractivity contribution in [3.05, 3.63) is 0 Å². The smallest absolute Gasteiger partial charge is 0.421 e. The Balaban J connectivity index is 5.55. The number of nitrogens with zero attached hydrogens (tertiary/aromatic N) is 1. The van der Waals surface area contributed by atoms with Crippen LogP contribution >= 0.6 is 0 Å². The molecular formula is C13H24N2O6. The predicted octanol–water partition coefficient (Wildman–Crippen LogP) is 1.92. The van der Waals surface area contributed by atoms with Crippen molar-refractivity contribution in [2.75, 3.05) is 0 Å². The number of carbonyl (C=O) groups is 3. The van der Waals surface area contributed by atoms with Gasteiger partial charge in [0.05, 0.1) is 0 Å². The van der Waals surface area contributed by atoms with Crippen molar-refractivity contribution in [2.24, 2.45) is 5.73 Å². The van der Waals surface area contributed by atoms with E-state index in [2.05, 4.69) is 0 Å². The lowest BCUT2D eigenvalue weighted by atomic mass is 10.1. The first-order chi connectivity index (χ1) is 9.08. The van der Waals surface area contributed by atoms with Gasteiger partial charge in [0, 0.05) is 0 Å². The second-order valence-corrected chi connectivity index (χ2v) is 6.75. The van der Waals surface area contributed by atoms with E-state index in [0.29, 0.717) is 0 Å². The summed E-state index contributed by atoms with van der Waals surface area (Å²) in [6.45, 7) is 10.5.